The molecule has 0 aliphatic rings. The molecule has 0 aromatic carbocycles. The Morgan fingerprint density at radius 1 is 1.82 bits per heavy atom. The summed E-state index contributed by atoms with van der Waals surface area (Å²) in [7, 11) is 0. The summed E-state index contributed by atoms with van der Waals surface area (Å²) in [5, 5.41) is 2.52. The predicted octanol–water partition coefficient (Wildman–Crippen LogP) is 1.01. The standard InChI is InChI=1S/C8H7N2O/c1-2-8(11)10-7-4-3-5-9-6-7/h2-5H,1H2,(H,10,11). The van der Waals surface area contributed by atoms with Crippen LogP contribution in [-0.2, 0) is 4.79 Å². The van der Waals surface area contributed by atoms with Crippen LogP contribution in [0.5, 0.6) is 0 Å². The van der Waals surface area contributed by atoms with Gasteiger partial charge < -0.3 is 5.32 Å². The SMILES string of the molecule is C=CC(=O)Nc1[c]nccc1. The summed E-state index contributed by atoms with van der Waals surface area (Å²) in [6, 6.07) is 3.42. The van der Waals surface area contributed by atoms with E-state index in [-0.39, 0.29) is 5.91 Å². The highest BCUT2D eigenvalue weighted by Gasteiger charge is 1.94. The third-order valence-corrected chi connectivity index (χ3v) is 1.05. The van der Waals surface area contributed by atoms with Crippen LogP contribution in [0.3, 0.4) is 0 Å². The first-order valence-electron chi connectivity index (χ1n) is 3.09. The van der Waals surface area contributed by atoms with Crippen molar-refractivity contribution in [1.82, 2.24) is 4.98 Å². The molecule has 1 amide bonds. The lowest BCUT2D eigenvalue weighted by Gasteiger charge is -1.97. The molecule has 0 unspecified atom stereocenters. The van der Waals surface area contributed by atoms with E-state index in [2.05, 4.69) is 23.1 Å². The molecule has 0 spiro atoms. The zero-order valence-electron chi connectivity index (χ0n) is 5.87. The summed E-state index contributed by atoms with van der Waals surface area (Å²) in [4.78, 5) is 14.4. The summed E-state index contributed by atoms with van der Waals surface area (Å²) < 4.78 is 0. The van der Waals surface area contributed by atoms with Crippen molar-refractivity contribution < 1.29 is 4.79 Å². The van der Waals surface area contributed by atoms with Crippen molar-refractivity contribution in [1.29, 1.82) is 0 Å². The number of amides is 1. The zero-order chi connectivity index (χ0) is 8.10. The lowest BCUT2D eigenvalue weighted by atomic mass is 10.4. The molecule has 0 saturated carbocycles. The maximum absolute atomic E-state index is 10.7. The molecule has 0 aliphatic heterocycles. The van der Waals surface area contributed by atoms with Gasteiger partial charge in [-0.3, -0.25) is 9.78 Å². The number of carbonyl (C=O) groups excluding carboxylic acids is 1. The molecule has 0 saturated heterocycles. The highest BCUT2D eigenvalue weighted by Crippen LogP contribution is 2.00. The van der Waals surface area contributed by atoms with Crippen molar-refractivity contribution in [3.05, 3.63) is 37.2 Å². The zero-order valence-corrected chi connectivity index (χ0v) is 5.87. The second-order valence-corrected chi connectivity index (χ2v) is 1.86. The summed E-state index contributed by atoms with van der Waals surface area (Å²) in [6.07, 6.45) is 5.39. The lowest BCUT2D eigenvalue weighted by molar-refractivity contribution is -0.111. The van der Waals surface area contributed by atoms with E-state index in [1.807, 2.05) is 0 Å². The Morgan fingerprint density at radius 3 is 3.18 bits per heavy atom. The van der Waals surface area contributed by atoms with Gasteiger partial charge in [-0.2, -0.15) is 0 Å². The Morgan fingerprint density at radius 2 is 2.64 bits per heavy atom. The average Bonchev–Trinajstić information content (AvgIpc) is 2.06. The molecule has 1 aromatic heterocycles. The predicted molar refractivity (Wildman–Crippen MR) is 41.9 cm³/mol. The number of rotatable bonds is 2. The van der Waals surface area contributed by atoms with Gasteiger partial charge in [0.2, 0.25) is 5.91 Å². The van der Waals surface area contributed by atoms with Crippen LogP contribution in [0.25, 0.3) is 0 Å². The fraction of sp³-hybridized carbons (Fsp3) is 0. The van der Waals surface area contributed by atoms with Gasteiger partial charge in [0.15, 0.2) is 0 Å². The first-order valence-corrected chi connectivity index (χ1v) is 3.09. The van der Waals surface area contributed by atoms with Crippen LogP contribution >= 0.6 is 0 Å². The third-order valence-electron chi connectivity index (χ3n) is 1.05. The molecule has 11 heavy (non-hydrogen) atoms. The fourth-order valence-electron chi connectivity index (χ4n) is 0.580. The molecule has 0 bridgehead atoms. The van der Waals surface area contributed by atoms with E-state index >= 15 is 0 Å². The summed E-state index contributed by atoms with van der Waals surface area (Å²) in [5.41, 5.74) is 0.553. The normalized spacial score (nSPS) is 8.73. The molecule has 1 aromatic rings. The lowest BCUT2D eigenvalue weighted by Crippen LogP contribution is -2.07. The maximum Gasteiger partial charge on any atom is 0.247 e. The quantitative estimate of drug-likeness (QED) is 0.634. The number of hydrogen-bond donors (Lipinski definition) is 1. The van der Waals surface area contributed by atoms with Crippen molar-refractivity contribution in [3.63, 3.8) is 0 Å². The summed E-state index contributed by atoms with van der Waals surface area (Å²) >= 11 is 0. The minimum atomic E-state index is -0.255. The minimum absolute atomic E-state index is 0.255. The molecule has 1 heterocycles. The number of nitrogens with one attached hydrogen (secondary N) is 1. The topological polar surface area (TPSA) is 42.0 Å². The first-order chi connectivity index (χ1) is 5.33. The monoisotopic (exact) mass is 147 g/mol. The van der Waals surface area contributed by atoms with Crippen LogP contribution in [-0.4, -0.2) is 10.9 Å². The molecular weight excluding hydrogens is 140 g/mol. The van der Waals surface area contributed by atoms with Crippen LogP contribution in [0, 0.1) is 6.20 Å². The molecular formula is C8H7N2O. The van der Waals surface area contributed by atoms with Crippen molar-refractivity contribution in [2.45, 2.75) is 0 Å². The van der Waals surface area contributed by atoms with E-state index in [0.717, 1.165) is 0 Å². The number of carbonyl (C=O) groups is 1. The molecule has 1 radical (unpaired) electrons. The molecule has 1 N–H and O–H groups in total. The summed E-state index contributed by atoms with van der Waals surface area (Å²) in [6.45, 7) is 3.31. The Kier molecular flexibility index (Phi) is 2.38. The molecule has 0 fully saturated rings. The number of aromatic nitrogens is 1. The Balaban J connectivity index is 2.65. The summed E-state index contributed by atoms with van der Waals surface area (Å²) in [5.74, 6) is -0.255. The van der Waals surface area contributed by atoms with Gasteiger partial charge in [0.1, 0.15) is 6.20 Å². The number of nitrogens with zero attached hydrogens (tertiary/aromatic N) is 1. The molecule has 0 aliphatic carbocycles. The van der Waals surface area contributed by atoms with Crippen molar-refractivity contribution >= 4 is 11.6 Å². The van der Waals surface area contributed by atoms with Gasteiger partial charge in [0, 0.05) is 6.20 Å². The van der Waals surface area contributed by atoms with Gasteiger partial charge in [0.05, 0.1) is 5.69 Å². The van der Waals surface area contributed by atoms with Crippen molar-refractivity contribution in [2.75, 3.05) is 5.32 Å². The van der Waals surface area contributed by atoms with E-state index < -0.39 is 0 Å². The molecule has 1 rings (SSSR count). The Bertz CT molecular complexity index is 256. The number of anilines is 1. The van der Waals surface area contributed by atoms with Gasteiger partial charge in [0.25, 0.3) is 0 Å². The third kappa shape index (κ3) is 2.21. The van der Waals surface area contributed by atoms with Crippen LogP contribution in [0.1, 0.15) is 0 Å². The van der Waals surface area contributed by atoms with E-state index in [1.54, 1.807) is 18.3 Å². The molecule has 0 atom stereocenters. The van der Waals surface area contributed by atoms with Crippen LogP contribution in [0.15, 0.2) is 31.0 Å². The average molecular weight is 147 g/mol. The highest BCUT2D eigenvalue weighted by molar-refractivity contribution is 5.98. The van der Waals surface area contributed by atoms with Gasteiger partial charge in [-0.1, -0.05) is 6.58 Å². The van der Waals surface area contributed by atoms with Gasteiger partial charge in [-0.05, 0) is 18.2 Å². The van der Waals surface area contributed by atoms with E-state index in [4.69, 9.17) is 0 Å². The first kappa shape index (κ1) is 7.47. The van der Waals surface area contributed by atoms with Crippen molar-refractivity contribution in [3.8, 4) is 0 Å². The molecule has 3 nitrogen and oxygen atoms in total. The minimum Gasteiger partial charge on any atom is -0.321 e. The molecule has 55 valence electrons. The second-order valence-electron chi connectivity index (χ2n) is 1.86. The van der Waals surface area contributed by atoms with Crippen LogP contribution in [0.4, 0.5) is 5.69 Å². The fourth-order valence-corrected chi connectivity index (χ4v) is 0.580. The number of hydrogen-bond acceptors (Lipinski definition) is 2. The van der Waals surface area contributed by atoms with E-state index in [1.165, 1.54) is 6.08 Å². The highest BCUT2D eigenvalue weighted by atomic mass is 16.1. The van der Waals surface area contributed by atoms with E-state index in [0.29, 0.717) is 5.69 Å². The maximum atomic E-state index is 10.7. The van der Waals surface area contributed by atoms with Gasteiger partial charge in [-0.25, -0.2) is 0 Å². The smallest absolute Gasteiger partial charge is 0.247 e. The molecule has 3 heteroatoms. The van der Waals surface area contributed by atoms with Gasteiger partial charge >= 0.3 is 0 Å². The Labute approximate surface area is 64.8 Å². The van der Waals surface area contributed by atoms with E-state index in [9.17, 15) is 4.79 Å². The van der Waals surface area contributed by atoms with Crippen LogP contribution in [0.2, 0.25) is 0 Å². The second kappa shape index (κ2) is 3.51. The Hall–Kier alpha value is -1.64. The number of pyridine rings is 1. The van der Waals surface area contributed by atoms with Gasteiger partial charge in [-0.15, -0.1) is 0 Å². The largest absolute Gasteiger partial charge is 0.321 e. The van der Waals surface area contributed by atoms with Crippen molar-refractivity contribution in [2.24, 2.45) is 0 Å². The van der Waals surface area contributed by atoms with Crippen LogP contribution < -0.4 is 5.32 Å².